The summed E-state index contributed by atoms with van der Waals surface area (Å²) in [6.45, 7) is 3.23. The Morgan fingerprint density at radius 3 is 2.70 bits per heavy atom. The number of hydrogen-bond donors (Lipinski definition) is 1. The van der Waals surface area contributed by atoms with Gasteiger partial charge in [-0.25, -0.2) is 0 Å². The van der Waals surface area contributed by atoms with Crippen LogP contribution in [-0.4, -0.2) is 45.3 Å². The lowest BCUT2D eigenvalue weighted by molar-refractivity contribution is 0.216. The van der Waals surface area contributed by atoms with Crippen molar-refractivity contribution in [1.29, 1.82) is 0 Å². The zero-order valence-corrected chi connectivity index (χ0v) is 12.8. The molecular weight excluding hydrogens is 252 g/mol. The molecule has 1 N–H and O–H groups in total. The Morgan fingerprint density at radius 2 is 1.95 bits per heavy atom. The van der Waals surface area contributed by atoms with Gasteiger partial charge in [0, 0.05) is 12.6 Å². The molecule has 112 valence electrons. The molecule has 0 aromatic heterocycles. The maximum Gasteiger partial charge on any atom is 0.161 e. The molecular formula is C16H26N2O2. The van der Waals surface area contributed by atoms with Gasteiger partial charge in [0.1, 0.15) is 0 Å². The van der Waals surface area contributed by atoms with Crippen molar-refractivity contribution in [3.8, 4) is 11.5 Å². The van der Waals surface area contributed by atoms with Gasteiger partial charge in [0.05, 0.1) is 14.2 Å². The van der Waals surface area contributed by atoms with Gasteiger partial charge in [0.2, 0.25) is 0 Å². The highest BCUT2D eigenvalue weighted by Gasteiger charge is 2.17. The van der Waals surface area contributed by atoms with Crippen molar-refractivity contribution < 1.29 is 9.47 Å². The Balaban J connectivity index is 2.01. The molecule has 1 heterocycles. The third-order valence-electron chi connectivity index (χ3n) is 4.05. The SMILES string of the molecule is COc1ccc(CN(C)C2CCCNCC2)cc1OC. The molecule has 1 unspecified atom stereocenters. The molecule has 0 saturated carbocycles. The lowest BCUT2D eigenvalue weighted by Crippen LogP contribution is -2.32. The Hall–Kier alpha value is -1.26. The fourth-order valence-electron chi connectivity index (χ4n) is 2.84. The van der Waals surface area contributed by atoms with Crippen LogP contribution in [0.2, 0.25) is 0 Å². The largest absolute Gasteiger partial charge is 0.493 e. The average molecular weight is 278 g/mol. The summed E-state index contributed by atoms with van der Waals surface area (Å²) >= 11 is 0. The molecule has 0 aliphatic carbocycles. The van der Waals surface area contributed by atoms with Crippen LogP contribution in [0, 0.1) is 0 Å². The lowest BCUT2D eigenvalue weighted by Gasteiger charge is -2.27. The molecule has 1 aliphatic rings. The summed E-state index contributed by atoms with van der Waals surface area (Å²) in [6, 6.07) is 6.84. The van der Waals surface area contributed by atoms with Crippen LogP contribution in [0.3, 0.4) is 0 Å². The van der Waals surface area contributed by atoms with Crippen LogP contribution >= 0.6 is 0 Å². The number of ether oxygens (including phenoxy) is 2. The van der Waals surface area contributed by atoms with Gasteiger partial charge in [-0.15, -0.1) is 0 Å². The van der Waals surface area contributed by atoms with Crippen molar-refractivity contribution in [1.82, 2.24) is 10.2 Å². The summed E-state index contributed by atoms with van der Waals surface area (Å²) in [7, 11) is 5.57. The van der Waals surface area contributed by atoms with Gasteiger partial charge < -0.3 is 14.8 Å². The quantitative estimate of drug-likeness (QED) is 0.896. The van der Waals surface area contributed by atoms with Crippen LogP contribution in [0.1, 0.15) is 24.8 Å². The molecule has 1 aliphatic heterocycles. The van der Waals surface area contributed by atoms with Crippen molar-refractivity contribution in [2.24, 2.45) is 0 Å². The summed E-state index contributed by atoms with van der Waals surface area (Å²) < 4.78 is 10.7. The minimum absolute atomic E-state index is 0.665. The summed E-state index contributed by atoms with van der Waals surface area (Å²) in [5.41, 5.74) is 1.27. The van der Waals surface area contributed by atoms with Gasteiger partial charge in [-0.05, 0) is 57.1 Å². The van der Waals surface area contributed by atoms with E-state index in [4.69, 9.17) is 9.47 Å². The van der Waals surface area contributed by atoms with E-state index in [-0.39, 0.29) is 0 Å². The first-order valence-corrected chi connectivity index (χ1v) is 7.36. The zero-order valence-electron chi connectivity index (χ0n) is 12.8. The lowest BCUT2D eigenvalue weighted by atomic mass is 10.1. The smallest absolute Gasteiger partial charge is 0.161 e. The fraction of sp³-hybridized carbons (Fsp3) is 0.625. The van der Waals surface area contributed by atoms with E-state index in [0.29, 0.717) is 6.04 Å². The molecule has 0 bridgehead atoms. The molecule has 1 atom stereocenters. The Kier molecular flexibility index (Phi) is 5.68. The standard InChI is InChI=1S/C16H26N2O2/c1-18(14-5-4-9-17-10-8-14)12-13-6-7-15(19-2)16(11-13)20-3/h6-7,11,14,17H,4-5,8-10,12H2,1-3H3. The van der Waals surface area contributed by atoms with E-state index in [1.165, 1.54) is 24.8 Å². The molecule has 0 amide bonds. The van der Waals surface area contributed by atoms with E-state index in [1.54, 1.807) is 14.2 Å². The molecule has 0 spiro atoms. The first-order chi connectivity index (χ1) is 9.74. The second kappa shape index (κ2) is 7.50. The number of benzene rings is 1. The number of nitrogens with zero attached hydrogens (tertiary/aromatic N) is 1. The summed E-state index contributed by atoms with van der Waals surface area (Å²) in [6.07, 6.45) is 3.77. The third-order valence-corrected chi connectivity index (χ3v) is 4.05. The van der Waals surface area contributed by atoms with Gasteiger partial charge >= 0.3 is 0 Å². The second-order valence-corrected chi connectivity index (χ2v) is 5.44. The molecule has 1 aromatic carbocycles. The molecule has 0 radical (unpaired) electrons. The predicted octanol–water partition coefficient (Wildman–Crippen LogP) is 2.28. The Labute approximate surface area is 122 Å². The number of methoxy groups -OCH3 is 2. The van der Waals surface area contributed by atoms with Gasteiger partial charge in [-0.3, -0.25) is 4.90 Å². The van der Waals surface area contributed by atoms with E-state index in [9.17, 15) is 0 Å². The zero-order chi connectivity index (χ0) is 14.4. The second-order valence-electron chi connectivity index (χ2n) is 5.44. The monoisotopic (exact) mass is 278 g/mol. The van der Waals surface area contributed by atoms with Crippen molar-refractivity contribution in [3.63, 3.8) is 0 Å². The fourth-order valence-corrected chi connectivity index (χ4v) is 2.84. The topological polar surface area (TPSA) is 33.7 Å². The predicted molar refractivity (Wildman–Crippen MR) is 81.5 cm³/mol. The van der Waals surface area contributed by atoms with Crippen molar-refractivity contribution in [2.45, 2.75) is 31.8 Å². The van der Waals surface area contributed by atoms with Crippen LogP contribution in [0.25, 0.3) is 0 Å². The first kappa shape index (κ1) is 15.1. The molecule has 2 rings (SSSR count). The van der Waals surface area contributed by atoms with Crippen LogP contribution < -0.4 is 14.8 Å². The minimum Gasteiger partial charge on any atom is -0.493 e. The summed E-state index contributed by atoms with van der Waals surface area (Å²) in [5, 5.41) is 3.47. The first-order valence-electron chi connectivity index (χ1n) is 7.36. The molecule has 1 saturated heterocycles. The van der Waals surface area contributed by atoms with Crippen molar-refractivity contribution >= 4 is 0 Å². The van der Waals surface area contributed by atoms with E-state index < -0.39 is 0 Å². The summed E-state index contributed by atoms with van der Waals surface area (Å²) in [4.78, 5) is 2.45. The normalized spacial score (nSPS) is 19.7. The molecule has 1 aromatic rings. The highest BCUT2D eigenvalue weighted by Crippen LogP contribution is 2.28. The van der Waals surface area contributed by atoms with E-state index in [1.807, 2.05) is 6.07 Å². The van der Waals surface area contributed by atoms with Gasteiger partial charge in [0.15, 0.2) is 11.5 Å². The molecule has 1 fully saturated rings. The van der Waals surface area contributed by atoms with Crippen molar-refractivity contribution in [2.75, 3.05) is 34.4 Å². The number of nitrogens with one attached hydrogen (secondary N) is 1. The highest BCUT2D eigenvalue weighted by molar-refractivity contribution is 5.42. The van der Waals surface area contributed by atoms with Gasteiger partial charge in [-0.2, -0.15) is 0 Å². The van der Waals surface area contributed by atoms with Crippen molar-refractivity contribution in [3.05, 3.63) is 23.8 Å². The minimum atomic E-state index is 0.665. The molecule has 4 nitrogen and oxygen atoms in total. The van der Waals surface area contributed by atoms with Crippen LogP contribution in [-0.2, 0) is 6.54 Å². The highest BCUT2D eigenvalue weighted by atomic mass is 16.5. The molecule has 4 heteroatoms. The van der Waals surface area contributed by atoms with E-state index >= 15 is 0 Å². The maximum atomic E-state index is 5.37. The average Bonchev–Trinajstić information content (AvgIpc) is 2.76. The van der Waals surface area contributed by atoms with Gasteiger partial charge in [-0.1, -0.05) is 6.07 Å². The van der Waals surface area contributed by atoms with E-state index in [0.717, 1.165) is 31.1 Å². The van der Waals surface area contributed by atoms with Crippen LogP contribution in [0.4, 0.5) is 0 Å². The summed E-state index contributed by atoms with van der Waals surface area (Å²) in [5.74, 6) is 1.60. The maximum absolute atomic E-state index is 5.37. The molecule has 20 heavy (non-hydrogen) atoms. The van der Waals surface area contributed by atoms with Crippen LogP contribution in [0.15, 0.2) is 18.2 Å². The van der Waals surface area contributed by atoms with E-state index in [2.05, 4.69) is 29.4 Å². The Bertz CT molecular complexity index is 415. The van der Waals surface area contributed by atoms with Gasteiger partial charge in [0.25, 0.3) is 0 Å². The third kappa shape index (κ3) is 3.87. The Morgan fingerprint density at radius 1 is 1.15 bits per heavy atom. The number of hydrogen-bond acceptors (Lipinski definition) is 4. The number of rotatable bonds is 5. The van der Waals surface area contributed by atoms with Crippen LogP contribution in [0.5, 0.6) is 11.5 Å².